The number of benzene rings is 1. The van der Waals surface area contributed by atoms with Crippen LogP contribution in [0.15, 0.2) is 36.5 Å². The quantitative estimate of drug-likeness (QED) is 0.573. The van der Waals surface area contributed by atoms with Crippen LogP contribution in [-0.2, 0) is 24.8 Å². The lowest BCUT2D eigenvalue weighted by Crippen LogP contribution is -2.23. The summed E-state index contributed by atoms with van der Waals surface area (Å²) in [7, 11) is 1.94. The first-order valence-corrected chi connectivity index (χ1v) is 9.14. The van der Waals surface area contributed by atoms with Gasteiger partial charge in [0.25, 0.3) is 0 Å². The number of rotatable bonds is 5. The van der Waals surface area contributed by atoms with Gasteiger partial charge in [0.15, 0.2) is 5.65 Å². The third kappa shape index (κ3) is 3.30. The van der Waals surface area contributed by atoms with E-state index in [-0.39, 0.29) is 5.91 Å². The number of nitrogens with zero attached hydrogens (tertiary/aromatic N) is 3. The summed E-state index contributed by atoms with van der Waals surface area (Å²) in [5.74, 6) is 0.899. The molecule has 2 N–H and O–H groups in total. The average molecular weight is 361 g/mol. The molecule has 0 saturated heterocycles. The molecular weight excluding hydrogens is 338 g/mol. The van der Waals surface area contributed by atoms with Crippen LogP contribution in [0.1, 0.15) is 29.1 Å². The molecule has 4 aromatic rings. The summed E-state index contributed by atoms with van der Waals surface area (Å²) in [4.78, 5) is 24.6. The zero-order valence-corrected chi connectivity index (χ0v) is 15.8. The predicted octanol–water partition coefficient (Wildman–Crippen LogP) is 3.32. The summed E-state index contributed by atoms with van der Waals surface area (Å²) in [5, 5.41) is 4.23. The molecule has 27 heavy (non-hydrogen) atoms. The molecule has 0 atom stereocenters. The summed E-state index contributed by atoms with van der Waals surface area (Å²) in [6, 6.07) is 10.1. The van der Waals surface area contributed by atoms with E-state index >= 15 is 0 Å². The van der Waals surface area contributed by atoms with Gasteiger partial charge in [-0.15, -0.1) is 0 Å². The number of aryl methyl sites for hydroxylation is 4. The lowest BCUT2D eigenvalue weighted by molar-refractivity contribution is -0.121. The molecule has 3 heterocycles. The van der Waals surface area contributed by atoms with Crippen molar-refractivity contribution in [3.8, 4) is 0 Å². The molecule has 0 spiro atoms. The van der Waals surface area contributed by atoms with E-state index in [9.17, 15) is 4.79 Å². The van der Waals surface area contributed by atoms with Crippen molar-refractivity contribution in [1.29, 1.82) is 0 Å². The van der Waals surface area contributed by atoms with Crippen molar-refractivity contribution < 1.29 is 4.79 Å². The Morgan fingerprint density at radius 2 is 2.11 bits per heavy atom. The highest BCUT2D eigenvalue weighted by atomic mass is 16.1. The van der Waals surface area contributed by atoms with Crippen molar-refractivity contribution in [3.63, 3.8) is 0 Å². The summed E-state index contributed by atoms with van der Waals surface area (Å²) < 4.78 is 1.95. The van der Waals surface area contributed by atoms with Crippen LogP contribution < -0.4 is 5.32 Å². The number of aromatic amines is 1. The largest absolute Gasteiger partial charge is 0.358 e. The van der Waals surface area contributed by atoms with Crippen LogP contribution in [0.4, 0.5) is 0 Å². The molecule has 0 saturated carbocycles. The Bertz CT molecular complexity index is 1140. The van der Waals surface area contributed by atoms with Crippen LogP contribution in [-0.4, -0.2) is 25.4 Å². The molecule has 0 bridgehead atoms. The fourth-order valence-corrected chi connectivity index (χ4v) is 3.43. The SMILES string of the molecule is Cc1[nH]c2ccc(CNC(=O)CCc3nc4cccnc4n3C)cc2c1C. The Morgan fingerprint density at radius 1 is 1.26 bits per heavy atom. The van der Waals surface area contributed by atoms with Crippen molar-refractivity contribution in [2.24, 2.45) is 7.05 Å². The number of amides is 1. The topological polar surface area (TPSA) is 75.6 Å². The fourth-order valence-electron chi connectivity index (χ4n) is 3.43. The molecule has 1 amide bonds. The van der Waals surface area contributed by atoms with Gasteiger partial charge in [-0.2, -0.15) is 0 Å². The van der Waals surface area contributed by atoms with Crippen molar-refractivity contribution >= 4 is 28.0 Å². The molecule has 138 valence electrons. The number of aromatic nitrogens is 4. The van der Waals surface area contributed by atoms with E-state index in [1.807, 2.05) is 23.7 Å². The molecule has 3 aromatic heterocycles. The van der Waals surface area contributed by atoms with Gasteiger partial charge in [0, 0.05) is 49.2 Å². The highest BCUT2D eigenvalue weighted by Crippen LogP contribution is 2.22. The second-order valence-corrected chi connectivity index (χ2v) is 6.96. The number of nitrogens with one attached hydrogen (secondary N) is 2. The fraction of sp³-hybridized carbons (Fsp3) is 0.286. The summed E-state index contributed by atoms with van der Waals surface area (Å²) in [6.45, 7) is 4.72. The molecule has 6 heteroatoms. The Labute approximate surface area is 157 Å². The predicted molar refractivity (Wildman–Crippen MR) is 106 cm³/mol. The number of pyridine rings is 1. The number of fused-ring (bicyclic) bond motifs is 2. The number of imidazole rings is 1. The summed E-state index contributed by atoms with van der Waals surface area (Å²) in [6.07, 6.45) is 2.75. The van der Waals surface area contributed by atoms with E-state index in [1.165, 1.54) is 16.6 Å². The zero-order chi connectivity index (χ0) is 19.0. The summed E-state index contributed by atoms with van der Waals surface area (Å²) >= 11 is 0. The van der Waals surface area contributed by atoms with Gasteiger partial charge in [-0.3, -0.25) is 4.79 Å². The molecule has 0 radical (unpaired) electrons. The van der Waals surface area contributed by atoms with Crippen molar-refractivity contribution in [1.82, 2.24) is 24.8 Å². The molecule has 6 nitrogen and oxygen atoms in total. The maximum atomic E-state index is 12.3. The first kappa shape index (κ1) is 17.3. The van der Waals surface area contributed by atoms with Crippen LogP contribution in [0, 0.1) is 13.8 Å². The van der Waals surface area contributed by atoms with Gasteiger partial charge in [-0.05, 0) is 49.2 Å². The molecule has 0 aliphatic heterocycles. The minimum atomic E-state index is 0.0251. The Balaban J connectivity index is 1.38. The number of H-pyrrole nitrogens is 1. The highest BCUT2D eigenvalue weighted by Gasteiger charge is 2.11. The van der Waals surface area contributed by atoms with E-state index in [4.69, 9.17) is 0 Å². The Morgan fingerprint density at radius 3 is 2.93 bits per heavy atom. The molecule has 1 aromatic carbocycles. The first-order chi connectivity index (χ1) is 13.0. The van der Waals surface area contributed by atoms with Crippen LogP contribution >= 0.6 is 0 Å². The van der Waals surface area contributed by atoms with Crippen LogP contribution in [0.3, 0.4) is 0 Å². The molecular formula is C21H23N5O. The zero-order valence-electron chi connectivity index (χ0n) is 15.8. The maximum Gasteiger partial charge on any atom is 0.220 e. The third-order valence-corrected chi connectivity index (χ3v) is 5.16. The highest BCUT2D eigenvalue weighted by molar-refractivity contribution is 5.85. The molecule has 0 aliphatic carbocycles. The second kappa shape index (κ2) is 6.87. The van der Waals surface area contributed by atoms with Crippen molar-refractivity contribution in [2.45, 2.75) is 33.2 Å². The van der Waals surface area contributed by atoms with Crippen LogP contribution in [0.5, 0.6) is 0 Å². The van der Waals surface area contributed by atoms with Crippen LogP contribution in [0.2, 0.25) is 0 Å². The lowest BCUT2D eigenvalue weighted by Gasteiger charge is -2.06. The molecule has 0 aliphatic rings. The van der Waals surface area contributed by atoms with E-state index in [1.54, 1.807) is 6.20 Å². The lowest BCUT2D eigenvalue weighted by atomic mass is 10.1. The number of carbonyl (C=O) groups is 1. The van der Waals surface area contributed by atoms with Gasteiger partial charge >= 0.3 is 0 Å². The monoisotopic (exact) mass is 361 g/mol. The van der Waals surface area contributed by atoms with E-state index in [0.717, 1.165) is 28.1 Å². The van der Waals surface area contributed by atoms with E-state index < -0.39 is 0 Å². The Hall–Kier alpha value is -3.15. The number of hydrogen-bond donors (Lipinski definition) is 2. The van der Waals surface area contributed by atoms with Gasteiger partial charge in [-0.1, -0.05) is 6.07 Å². The molecule has 4 rings (SSSR count). The number of carbonyl (C=O) groups excluding carboxylic acids is 1. The maximum absolute atomic E-state index is 12.3. The van der Waals surface area contributed by atoms with E-state index in [0.29, 0.717) is 19.4 Å². The second-order valence-electron chi connectivity index (χ2n) is 6.96. The van der Waals surface area contributed by atoms with Gasteiger partial charge in [0.05, 0.1) is 0 Å². The normalized spacial score (nSPS) is 11.4. The number of hydrogen-bond acceptors (Lipinski definition) is 3. The standard InChI is InChI=1S/C21H23N5O/c1-13-14(2)24-17-7-6-15(11-16(13)17)12-23-20(27)9-8-19-25-18-5-4-10-22-21(18)26(19)3/h4-7,10-11,24H,8-9,12H2,1-3H3,(H,23,27). The first-order valence-electron chi connectivity index (χ1n) is 9.14. The Kier molecular flexibility index (Phi) is 4.39. The van der Waals surface area contributed by atoms with Gasteiger partial charge in [-0.25, -0.2) is 9.97 Å². The van der Waals surface area contributed by atoms with Crippen molar-refractivity contribution in [3.05, 3.63) is 59.2 Å². The van der Waals surface area contributed by atoms with Crippen molar-refractivity contribution in [2.75, 3.05) is 0 Å². The minimum Gasteiger partial charge on any atom is -0.358 e. The van der Waals surface area contributed by atoms with Gasteiger partial charge < -0.3 is 14.9 Å². The molecule has 0 unspecified atom stereocenters. The third-order valence-electron chi connectivity index (χ3n) is 5.16. The minimum absolute atomic E-state index is 0.0251. The van der Waals surface area contributed by atoms with Gasteiger partial charge in [0.1, 0.15) is 11.3 Å². The van der Waals surface area contributed by atoms with Crippen LogP contribution in [0.25, 0.3) is 22.1 Å². The molecule has 0 fully saturated rings. The summed E-state index contributed by atoms with van der Waals surface area (Å²) in [5.41, 5.74) is 6.39. The average Bonchev–Trinajstić information content (AvgIpc) is 3.15. The van der Waals surface area contributed by atoms with E-state index in [2.05, 4.69) is 52.3 Å². The van der Waals surface area contributed by atoms with Gasteiger partial charge in [0.2, 0.25) is 5.91 Å². The smallest absolute Gasteiger partial charge is 0.220 e.